The Bertz CT molecular complexity index is 205. The molecule has 0 amide bonds. The lowest BCUT2D eigenvalue weighted by Crippen LogP contribution is -2.37. The second-order valence-electron chi connectivity index (χ2n) is 3.99. The van der Waals surface area contributed by atoms with Gasteiger partial charge in [-0.05, 0) is 12.8 Å². The van der Waals surface area contributed by atoms with Crippen molar-refractivity contribution in [2.75, 3.05) is 39.5 Å². The summed E-state index contributed by atoms with van der Waals surface area (Å²) in [6.07, 6.45) is 1.49. The maximum Gasteiger partial charge on any atom is 0.322 e. The van der Waals surface area contributed by atoms with Gasteiger partial charge in [-0.25, -0.2) is 0 Å². The molecule has 5 nitrogen and oxygen atoms in total. The Hall–Kier alpha value is -0.650. The molecule has 0 aromatic carbocycles. The average Bonchev–Trinajstić information content (AvgIpc) is 2.34. The van der Waals surface area contributed by atoms with Crippen molar-refractivity contribution in [3.05, 3.63) is 0 Å². The molecule has 0 saturated carbocycles. The van der Waals surface area contributed by atoms with E-state index in [1.165, 1.54) is 0 Å². The van der Waals surface area contributed by atoms with Crippen LogP contribution in [0.3, 0.4) is 0 Å². The Balaban J connectivity index is 2.00. The average molecular weight is 230 g/mol. The van der Waals surface area contributed by atoms with Crippen LogP contribution in [0.1, 0.15) is 19.8 Å². The third kappa shape index (κ3) is 4.92. The SMILES string of the molecule is CCC(N)C(=O)OCCCN1CCOCC1. The topological polar surface area (TPSA) is 64.8 Å². The predicted octanol–water partition coefficient (Wildman–Crippen LogP) is -0.0108. The predicted molar refractivity (Wildman–Crippen MR) is 61.1 cm³/mol. The number of hydrogen-bond donors (Lipinski definition) is 1. The van der Waals surface area contributed by atoms with Crippen molar-refractivity contribution in [1.82, 2.24) is 4.90 Å². The van der Waals surface area contributed by atoms with E-state index in [1.54, 1.807) is 0 Å². The molecule has 0 aromatic rings. The molecule has 1 fully saturated rings. The molecule has 1 unspecified atom stereocenters. The molecule has 0 radical (unpaired) electrons. The molecule has 0 spiro atoms. The van der Waals surface area contributed by atoms with Crippen molar-refractivity contribution in [3.63, 3.8) is 0 Å². The zero-order chi connectivity index (χ0) is 11.8. The van der Waals surface area contributed by atoms with Crippen LogP contribution in [0.15, 0.2) is 0 Å². The number of nitrogens with two attached hydrogens (primary N) is 1. The monoisotopic (exact) mass is 230 g/mol. The Morgan fingerprint density at radius 1 is 1.50 bits per heavy atom. The smallest absolute Gasteiger partial charge is 0.322 e. The van der Waals surface area contributed by atoms with Gasteiger partial charge < -0.3 is 15.2 Å². The molecular formula is C11H22N2O3. The zero-order valence-corrected chi connectivity index (χ0v) is 9.98. The number of nitrogens with zero attached hydrogens (tertiary/aromatic N) is 1. The summed E-state index contributed by atoms with van der Waals surface area (Å²) >= 11 is 0. The largest absolute Gasteiger partial charge is 0.464 e. The summed E-state index contributed by atoms with van der Waals surface area (Å²) in [7, 11) is 0. The summed E-state index contributed by atoms with van der Waals surface area (Å²) in [6, 6.07) is -0.469. The minimum Gasteiger partial charge on any atom is -0.464 e. The standard InChI is InChI=1S/C11H22N2O3/c1-2-10(12)11(14)16-7-3-4-13-5-8-15-9-6-13/h10H,2-9,12H2,1H3. The normalized spacial score (nSPS) is 19.4. The summed E-state index contributed by atoms with van der Waals surface area (Å²) in [5.41, 5.74) is 5.54. The van der Waals surface area contributed by atoms with Crippen molar-refractivity contribution in [1.29, 1.82) is 0 Å². The summed E-state index contributed by atoms with van der Waals surface area (Å²) in [4.78, 5) is 13.6. The highest BCUT2D eigenvalue weighted by Gasteiger charge is 2.13. The van der Waals surface area contributed by atoms with Gasteiger partial charge in [-0.3, -0.25) is 9.69 Å². The third-order valence-corrected chi connectivity index (χ3v) is 2.71. The number of rotatable bonds is 6. The van der Waals surface area contributed by atoms with E-state index in [-0.39, 0.29) is 5.97 Å². The van der Waals surface area contributed by atoms with Gasteiger partial charge in [0.25, 0.3) is 0 Å². The lowest BCUT2D eigenvalue weighted by molar-refractivity contribution is -0.145. The van der Waals surface area contributed by atoms with Crippen LogP contribution in [-0.2, 0) is 14.3 Å². The maximum absolute atomic E-state index is 11.2. The van der Waals surface area contributed by atoms with Gasteiger partial charge in [0.15, 0.2) is 0 Å². The van der Waals surface area contributed by atoms with E-state index in [0.717, 1.165) is 39.3 Å². The highest BCUT2D eigenvalue weighted by atomic mass is 16.5. The van der Waals surface area contributed by atoms with Gasteiger partial charge in [0.05, 0.1) is 19.8 Å². The van der Waals surface area contributed by atoms with Crippen LogP contribution >= 0.6 is 0 Å². The lowest BCUT2D eigenvalue weighted by atomic mass is 10.2. The maximum atomic E-state index is 11.2. The summed E-state index contributed by atoms with van der Waals surface area (Å²) in [6.45, 7) is 6.85. The van der Waals surface area contributed by atoms with Crippen LogP contribution in [0, 0.1) is 0 Å². The van der Waals surface area contributed by atoms with Crippen molar-refractivity contribution in [2.45, 2.75) is 25.8 Å². The molecule has 5 heteroatoms. The van der Waals surface area contributed by atoms with Crippen LogP contribution < -0.4 is 5.73 Å². The highest BCUT2D eigenvalue weighted by molar-refractivity contribution is 5.75. The van der Waals surface area contributed by atoms with Gasteiger partial charge in [0, 0.05) is 19.6 Å². The molecular weight excluding hydrogens is 208 g/mol. The van der Waals surface area contributed by atoms with Gasteiger partial charge in [-0.2, -0.15) is 0 Å². The molecule has 2 N–H and O–H groups in total. The molecule has 1 saturated heterocycles. The lowest BCUT2D eigenvalue weighted by Gasteiger charge is -2.26. The van der Waals surface area contributed by atoms with Gasteiger partial charge in [-0.1, -0.05) is 6.92 Å². The van der Waals surface area contributed by atoms with Crippen LogP contribution in [0.25, 0.3) is 0 Å². The second-order valence-corrected chi connectivity index (χ2v) is 3.99. The molecule has 1 atom stereocenters. The van der Waals surface area contributed by atoms with Crippen LogP contribution in [0.4, 0.5) is 0 Å². The number of carbonyl (C=O) groups is 1. The minimum absolute atomic E-state index is 0.288. The Kier molecular flexibility index (Phi) is 6.37. The molecule has 94 valence electrons. The van der Waals surface area contributed by atoms with Gasteiger partial charge in [0.2, 0.25) is 0 Å². The van der Waals surface area contributed by atoms with Crippen molar-refractivity contribution < 1.29 is 14.3 Å². The fourth-order valence-corrected chi connectivity index (χ4v) is 1.56. The number of morpholine rings is 1. The first-order chi connectivity index (χ1) is 7.74. The van der Waals surface area contributed by atoms with Crippen molar-refractivity contribution >= 4 is 5.97 Å². The summed E-state index contributed by atoms with van der Waals surface area (Å²) < 4.78 is 10.3. The highest BCUT2D eigenvalue weighted by Crippen LogP contribution is 1.99. The van der Waals surface area contributed by atoms with Gasteiger partial charge in [0.1, 0.15) is 6.04 Å². The third-order valence-electron chi connectivity index (χ3n) is 2.71. The molecule has 1 rings (SSSR count). The number of hydrogen-bond acceptors (Lipinski definition) is 5. The van der Waals surface area contributed by atoms with E-state index in [1.807, 2.05) is 6.92 Å². The number of esters is 1. The van der Waals surface area contributed by atoms with Crippen LogP contribution in [0.2, 0.25) is 0 Å². The molecule has 0 aromatic heterocycles. The Morgan fingerprint density at radius 3 is 2.81 bits per heavy atom. The zero-order valence-electron chi connectivity index (χ0n) is 9.98. The van der Waals surface area contributed by atoms with E-state index in [9.17, 15) is 4.79 Å². The molecule has 1 heterocycles. The summed E-state index contributed by atoms with van der Waals surface area (Å²) in [5.74, 6) is -0.288. The number of ether oxygens (including phenoxy) is 2. The van der Waals surface area contributed by atoms with Crippen LogP contribution in [-0.4, -0.2) is 56.4 Å². The molecule has 1 aliphatic heterocycles. The first-order valence-electron chi connectivity index (χ1n) is 5.96. The van der Waals surface area contributed by atoms with Gasteiger partial charge >= 0.3 is 5.97 Å². The van der Waals surface area contributed by atoms with E-state index in [0.29, 0.717) is 13.0 Å². The first-order valence-corrected chi connectivity index (χ1v) is 5.96. The van der Waals surface area contributed by atoms with Crippen molar-refractivity contribution in [3.8, 4) is 0 Å². The molecule has 1 aliphatic rings. The Labute approximate surface area is 96.9 Å². The fourth-order valence-electron chi connectivity index (χ4n) is 1.56. The second kappa shape index (κ2) is 7.60. The van der Waals surface area contributed by atoms with E-state index in [4.69, 9.17) is 15.2 Å². The van der Waals surface area contributed by atoms with E-state index in [2.05, 4.69) is 4.90 Å². The van der Waals surface area contributed by atoms with Crippen molar-refractivity contribution in [2.24, 2.45) is 5.73 Å². The Morgan fingerprint density at radius 2 is 2.19 bits per heavy atom. The molecule has 16 heavy (non-hydrogen) atoms. The van der Waals surface area contributed by atoms with E-state index < -0.39 is 6.04 Å². The summed E-state index contributed by atoms with van der Waals surface area (Å²) in [5, 5.41) is 0. The molecule has 0 bridgehead atoms. The first kappa shape index (κ1) is 13.4. The van der Waals surface area contributed by atoms with Crippen LogP contribution in [0.5, 0.6) is 0 Å². The fraction of sp³-hybridized carbons (Fsp3) is 0.909. The minimum atomic E-state index is -0.469. The quantitative estimate of drug-likeness (QED) is 0.513. The van der Waals surface area contributed by atoms with E-state index >= 15 is 0 Å². The number of carbonyl (C=O) groups excluding carboxylic acids is 1. The van der Waals surface area contributed by atoms with Gasteiger partial charge in [-0.15, -0.1) is 0 Å². The molecule has 0 aliphatic carbocycles.